The van der Waals surface area contributed by atoms with Gasteiger partial charge in [-0.15, -0.1) is 0 Å². The normalized spacial score (nSPS) is 17.6. The van der Waals surface area contributed by atoms with Gasteiger partial charge in [-0.25, -0.2) is 0 Å². The molecule has 1 atom stereocenters. The number of benzene rings is 1. The molecule has 1 aliphatic heterocycles. The van der Waals surface area contributed by atoms with Crippen molar-refractivity contribution in [3.8, 4) is 0 Å². The van der Waals surface area contributed by atoms with Crippen molar-refractivity contribution in [2.45, 2.75) is 25.8 Å². The Balaban J connectivity index is 2.22. The summed E-state index contributed by atoms with van der Waals surface area (Å²) in [5.74, 6) is -1.66. The van der Waals surface area contributed by atoms with E-state index < -0.39 is 18.6 Å². The Morgan fingerprint density at radius 3 is 2.50 bits per heavy atom. The first kappa shape index (κ1) is 14.0. The molecule has 6 heteroatoms. The monoisotopic (exact) mass is 276 g/mol. The van der Waals surface area contributed by atoms with E-state index in [9.17, 15) is 14.4 Å². The van der Waals surface area contributed by atoms with Crippen LogP contribution in [0.4, 0.5) is 5.69 Å². The average molecular weight is 276 g/mol. The Bertz CT molecular complexity index is 539. The van der Waals surface area contributed by atoms with Crippen molar-refractivity contribution in [2.75, 3.05) is 11.4 Å². The minimum atomic E-state index is -1.09. The molecule has 0 saturated carbocycles. The molecule has 2 N–H and O–H groups in total. The lowest BCUT2D eigenvalue weighted by Gasteiger charge is -2.24. The third-order valence-electron chi connectivity index (χ3n) is 3.20. The molecule has 0 spiro atoms. The van der Waals surface area contributed by atoms with E-state index in [0.29, 0.717) is 18.5 Å². The molecule has 1 heterocycles. The number of hydrogen-bond donors (Lipinski definition) is 2. The van der Waals surface area contributed by atoms with E-state index in [1.165, 1.54) is 4.90 Å². The van der Waals surface area contributed by atoms with E-state index in [1.807, 2.05) is 19.1 Å². The third kappa shape index (κ3) is 3.14. The van der Waals surface area contributed by atoms with Gasteiger partial charge in [-0.1, -0.05) is 17.7 Å². The van der Waals surface area contributed by atoms with Crippen LogP contribution in [0, 0.1) is 6.92 Å². The summed E-state index contributed by atoms with van der Waals surface area (Å²) in [6.45, 7) is 1.48. The topological polar surface area (TPSA) is 86.7 Å². The summed E-state index contributed by atoms with van der Waals surface area (Å²) < 4.78 is 0. The van der Waals surface area contributed by atoms with Crippen molar-refractivity contribution in [1.29, 1.82) is 0 Å². The number of carboxylic acids is 1. The van der Waals surface area contributed by atoms with Gasteiger partial charge in [0.2, 0.25) is 11.8 Å². The summed E-state index contributed by atoms with van der Waals surface area (Å²) in [5, 5.41) is 11.5. The predicted octanol–water partition coefficient (Wildman–Crippen LogP) is 0.691. The number of carbonyl (C=O) groups is 3. The van der Waals surface area contributed by atoms with Crippen molar-refractivity contribution in [3.63, 3.8) is 0 Å². The SMILES string of the molecule is Cc1ccc(N(CC(=O)O)C(=O)[C@H]2CCC(=O)N2)cc1. The average Bonchev–Trinajstić information content (AvgIpc) is 2.83. The van der Waals surface area contributed by atoms with Gasteiger partial charge in [-0.2, -0.15) is 0 Å². The lowest BCUT2D eigenvalue weighted by Crippen LogP contribution is -2.46. The van der Waals surface area contributed by atoms with Crippen LogP contribution in [-0.2, 0) is 14.4 Å². The Morgan fingerprint density at radius 2 is 2.00 bits per heavy atom. The van der Waals surface area contributed by atoms with Gasteiger partial charge in [0, 0.05) is 12.1 Å². The van der Waals surface area contributed by atoms with Gasteiger partial charge in [0.1, 0.15) is 12.6 Å². The zero-order valence-electron chi connectivity index (χ0n) is 11.1. The Morgan fingerprint density at radius 1 is 1.35 bits per heavy atom. The predicted molar refractivity (Wildman–Crippen MR) is 72.3 cm³/mol. The summed E-state index contributed by atoms with van der Waals surface area (Å²) in [6, 6.07) is 6.39. The van der Waals surface area contributed by atoms with Crippen molar-refractivity contribution >= 4 is 23.5 Å². The van der Waals surface area contributed by atoms with Crippen LogP contribution in [0.2, 0.25) is 0 Å². The fraction of sp³-hybridized carbons (Fsp3) is 0.357. The lowest BCUT2D eigenvalue weighted by molar-refractivity contribution is -0.136. The number of anilines is 1. The van der Waals surface area contributed by atoms with Gasteiger partial charge in [0.05, 0.1) is 0 Å². The van der Waals surface area contributed by atoms with Crippen LogP contribution >= 0.6 is 0 Å². The number of carboxylic acid groups (broad SMARTS) is 1. The number of nitrogens with zero attached hydrogens (tertiary/aromatic N) is 1. The quantitative estimate of drug-likeness (QED) is 0.847. The number of hydrogen-bond acceptors (Lipinski definition) is 3. The largest absolute Gasteiger partial charge is 0.480 e. The molecular weight excluding hydrogens is 260 g/mol. The highest BCUT2D eigenvalue weighted by atomic mass is 16.4. The molecule has 6 nitrogen and oxygen atoms in total. The minimum Gasteiger partial charge on any atom is -0.480 e. The smallest absolute Gasteiger partial charge is 0.323 e. The maximum absolute atomic E-state index is 12.4. The van der Waals surface area contributed by atoms with E-state index in [-0.39, 0.29) is 11.8 Å². The summed E-state index contributed by atoms with van der Waals surface area (Å²) >= 11 is 0. The zero-order valence-corrected chi connectivity index (χ0v) is 11.1. The van der Waals surface area contributed by atoms with Gasteiger partial charge in [-0.3, -0.25) is 19.3 Å². The molecule has 1 aliphatic rings. The minimum absolute atomic E-state index is 0.178. The first-order chi connectivity index (χ1) is 9.47. The molecule has 0 bridgehead atoms. The summed E-state index contributed by atoms with van der Waals surface area (Å²) in [5.41, 5.74) is 1.54. The molecule has 0 aliphatic carbocycles. The number of aliphatic carboxylic acids is 1. The second kappa shape index (κ2) is 5.73. The maximum Gasteiger partial charge on any atom is 0.323 e. The van der Waals surface area contributed by atoms with Crippen molar-refractivity contribution in [3.05, 3.63) is 29.8 Å². The third-order valence-corrected chi connectivity index (χ3v) is 3.20. The van der Waals surface area contributed by atoms with E-state index in [1.54, 1.807) is 12.1 Å². The van der Waals surface area contributed by atoms with Crippen LogP contribution in [0.3, 0.4) is 0 Å². The van der Waals surface area contributed by atoms with Gasteiger partial charge >= 0.3 is 5.97 Å². The Kier molecular flexibility index (Phi) is 4.02. The molecule has 1 saturated heterocycles. The first-order valence-electron chi connectivity index (χ1n) is 6.36. The highest BCUT2D eigenvalue weighted by molar-refractivity contribution is 6.03. The highest BCUT2D eigenvalue weighted by Crippen LogP contribution is 2.18. The summed E-state index contributed by atoms with van der Waals surface area (Å²) in [6.07, 6.45) is 0.699. The van der Waals surface area contributed by atoms with Crippen LogP contribution in [0.25, 0.3) is 0 Å². The maximum atomic E-state index is 12.4. The van der Waals surface area contributed by atoms with E-state index >= 15 is 0 Å². The molecule has 0 unspecified atom stereocenters. The fourth-order valence-corrected chi connectivity index (χ4v) is 2.14. The standard InChI is InChI=1S/C14H16N2O4/c1-9-2-4-10(5-3-9)16(8-13(18)19)14(20)11-6-7-12(17)15-11/h2-5,11H,6-8H2,1H3,(H,15,17)(H,18,19)/t11-/m1/s1. The molecule has 1 aromatic carbocycles. The van der Waals surface area contributed by atoms with Crippen LogP contribution in [0.15, 0.2) is 24.3 Å². The molecule has 20 heavy (non-hydrogen) atoms. The molecule has 106 valence electrons. The van der Waals surface area contributed by atoms with E-state index in [2.05, 4.69) is 5.32 Å². The number of aryl methyl sites for hydroxylation is 1. The van der Waals surface area contributed by atoms with Gasteiger partial charge < -0.3 is 10.4 Å². The number of carbonyl (C=O) groups excluding carboxylic acids is 2. The van der Waals surface area contributed by atoms with E-state index in [4.69, 9.17) is 5.11 Å². The van der Waals surface area contributed by atoms with Gasteiger partial charge in [0.15, 0.2) is 0 Å². The second-order valence-corrected chi connectivity index (χ2v) is 4.81. The molecule has 0 aromatic heterocycles. The molecule has 0 radical (unpaired) electrons. The molecule has 2 rings (SSSR count). The molecule has 1 fully saturated rings. The van der Waals surface area contributed by atoms with Crippen LogP contribution < -0.4 is 10.2 Å². The number of amides is 2. The summed E-state index contributed by atoms with van der Waals surface area (Å²) in [7, 11) is 0. The number of rotatable bonds is 4. The van der Waals surface area contributed by atoms with Gasteiger partial charge in [-0.05, 0) is 25.5 Å². The Labute approximate surface area is 116 Å². The number of nitrogens with one attached hydrogen (secondary N) is 1. The van der Waals surface area contributed by atoms with Crippen LogP contribution in [-0.4, -0.2) is 35.5 Å². The van der Waals surface area contributed by atoms with Gasteiger partial charge in [0.25, 0.3) is 0 Å². The van der Waals surface area contributed by atoms with Crippen molar-refractivity contribution in [1.82, 2.24) is 5.32 Å². The van der Waals surface area contributed by atoms with E-state index in [0.717, 1.165) is 5.56 Å². The fourth-order valence-electron chi connectivity index (χ4n) is 2.14. The first-order valence-corrected chi connectivity index (χ1v) is 6.36. The molecule has 2 amide bonds. The van der Waals surface area contributed by atoms with Crippen molar-refractivity contribution in [2.24, 2.45) is 0 Å². The highest BCUT2D eigenvalue weighted by Gasteiger charge is 2.32. The summed E-state index contributed by atoms with van der Waals surface area (Å²) in [4.78, 5) is 35.7. The lowest BCUT2D eigenvalue weighted by atomic mass is 10.1. The second-order valence-electron chi connectivity index (χ2n) is 4.81. The molecular formula is C14H16N2O4. The zero-order chi connectivity index (χ0) is 14.7. The van der Waals surface area contributed by atoms with Crippen LogP contribution in [0.5, 0.6) is 0 Å². The Hall–Kier alpha value is -2.37. The van der Waals surface area contributed by atoms with Crippen LogP contribution in [0.1, 0.15) is 18.4 Å². The molecule has 1 aromatic rings. The van der Waals surface area contributed by atoms with Crippen molar-refractivity contribution < 1.29 is 19.5 Å².